The van der Waals surface area contributed by atoms with Crippen LogP contribution in [-0.4, -0.2) is 28.9 Å². The van der Waals surface area contributed by atoms with Crippen molar-refractivity contribution in [1.29, 1.82) is 0 Å². The van der Waals surface area contributed by atoms with Crippen molar-refractivity contribution in [3.8, 4) is 16.9 Å². The lowest BCUT2D eigenvalue weighted by Gasteiger charge is -2.14. The van der Waals surface area contributed by atoms with E-state index in [4.69, 9.17) is 0 Å². The molecule has 180 valence electrons. The van der Waals surface area contributed by atoms with Gasteiger partial charge in [-0.2, -0.15) is 4.98 Å². The van der Waals surface area contributed by atoms with Crippen LogP contribution >= 0.6 is 0 Å². The van der Waals surface area contributed by atoms with Gasteiger partial charge < -0.3 is 20.4 Å². The average molecular weight is 475 g/mol. The first-order chi connectivity index (χ1) is 16.2. The van der Waals surface area contributed by atoms with E-state index < -0.39 is 23.7 Å². The van der Waals surface area contributed by atoms with E-state index in [1.54, 1.807) is 12.1 Å². The highest BCUT2D eigenvalue weighted by Crippen LogP contribution is 2.29. The second kappa shape index (κ2) is 11.3. The van der Waals surface area contributed by atoms with Crippen LogP contribution in [0.2, 0.25) is 0 Å². The van der Waals surface area contributed by atoms with Crippen LogP contribution in [0.3, 0.4) is 0 Å². The summed E-state index contributed by atoms with van der Waals surface area (Å²) in [5.41, 5.74) is 1.25. The molecular weight excluding hydrogens is 451 g/mol. The number of halogens is 3. The summed E-state index contributed by atoms with van der Waals surface area (Å²) in [4.78, 5) is 31.2. The zero-order chi connectivity index (χ0) is 24.6. The first-order valence-corrected chi connectivity index (χ1v) is 10.6. The van der Waals surface area contributed by atoms with Gasteiger partial charge in [-0.1, -0.05) is 49.7 Å². The topological polar surface area (TPSA) is 108 Å². The molecule has 0 saturated carbocycles. The smallest absolute Gasteiger partial charge is 0.404 e. The van der Waals surface area contributed by atoms with Crippen molar-refractivity contribution in [2.75, 3.05) is 17.2 Å². The molecule has 0 fully saturated rings. The van der Waals surface area contributed by atoms with E-state index in [2.05, 4.69) is 37.6 Å². The number of aromatic nitrogens is 2. The molecular formula is C23H24F3N5O3. The van der Waals surface area contributed by atoms with E-state index in [1.807, 2.05) is 12.1 Å². The van der Waals surface area contributed by atoms with Gasteiger partial charge in [0.15, 0.2) is 5.75 Å². The number of H-pyrrole nitrogens is 1. The number of aromatic amines is 1. The fourth-order valence-corrected chi connectivity index (χ4v) is 3.05. The van der Waals surface area contributed by atoms with Gasteiger partial charge in [-0.25, -0.2) is 4.79 Å². The second-order valence-corrected chi connectivity index (χ2v) is 7.32. The lowest BCUT2D eigenvalue weighted by atomic mass is 10.1. The highest BCUT2D eigenvalue weighted by molar-refractivity contribution is 5.99. The van der Waals surface area contributed by atoms with E-state index in [0.717, 1.165) is 37.6 Å². The molecule has 1 heterocycles. The highest BCUT2D eigenvalue weighted by atomic mass is 19.4. The first-order valence-electron chi connectivity index (χ1n) is 10.6. The molecule has 0 aliphatic heterocycles. The van der Waals surface area contributed by atoms with Crippen molar-refractivity contribution in [2.24, 2.45) is 0 Å². The SMILES string of the molecule is CCCCNCc1ccc(-c2c[nH]c(NC(=O)Nc3ccccc3OC(F)(F)F)nc2=O)cc1. The van der Waals surface area contributed by atoms with Gasteiger partial charge in [0.25, 0.3) is 5.56 Å². The Kier molecular flexibility index (Phi) is 8.25. The zero-order valence-corrected chi connectivity index (χ0v) is 18.3. The normalized spacial score (nSPS) is 11.2. The lowest BCUT2D eigenvalue weighted by Crippen LogP contribution is -2.24. The first kappa shape index (κ1) is 24.8. The molecule has 4 N–H and O–H groups in total. The maximum Gasteiger partial charge on any atom is 0.573 e. The summed E-state index contributed by atoms with van der Waals surface area (Å²) in [5.74, 6) is -0.747. The number of para-hydroxylation sites is 2. The molecule has 1 aromatic heterocycles. The molecule has 0 radical (unpaired) electrons. The van der Waals surface area contributed by atoms with Gasteiger partial charge in [0.1, 0.15) is 0 Å². The van der Waals surface area contributed by atoms with Crippen LogP contribution in [0.4, 0.5) is 29.6 Å². The zero-order valence-electron chi connectivity index (χ0n) is 18.3. The Morgan fingerprint density at radius 2 is 1.82 bits per heavy atom. The Labute approximate surface area is 193 Å². The standard InChI is InChI=1S/C23H24F3N5O3/c1-2-3-12-27-13-15-8-10-16(11-9-15)17-14-28-21(30-20(17)32)31-22(33)29-18-6-4-5-7-19(18)34-23(24,25)26/h4-11,14,27H,2-3,12-13H2,1H3,(H3,28,29,30,31,32,33). The van der Waals surface area contributed by atoms with E-state index >= 15 is 0 Å². The second-order valence-electron chi connectivity index (χ2n) is 7.32. The van der Waals surface area contributed by atoms with E-state index in [-0.39, 0.29) is 11.6 Å². The molecule has 3 aromatic rings. The Bertz CT molecular complexity index is 1160. The highest BCUT2D eigenvalue weighted by Gasteiger charge is 2.32. The summed E-state index contributed by atoms with van der Waals surface area (Å²) in [7, 11) is 0. The Balaban J connectivity index is 1.64. The van der Waals surface area contributed by atoms with Gasteiger partial charge in [0.2, 0.25) is 5.95 Å². The maximum atomic E-state index is 12.5. The van der Waals surface area contributed by atoms with Crippen LogP contribution in [0.25, 0.3) is 11.1 Å². The molecule has 8 nitrogen and oxygen atoms in total. The molecule has 34 heavy (non-hydrogen) atoms. The van der Waals surface area contributed by atoms with Crippen LogP contribution in [0.15, 0.2) is 59.5 Å². The van der Waals surface area contributed by atoms with E-state index in [1.165, 1.54) is 24.4 Å². The third kappa shape index (κ3) is 7.34. The molecule has 3 rings (SSSR count). The number of unbranched alkanes of at least 4 members (excludes halogenated alkanes) is 1. The number of rotatable bonds is 9. The molecule has 0 unspecified atom stereocenters. The van der Waals surface area contributed by atoms with Crippen LogP contribution in [-0.2, 0) is 6.54 Å². The summed E-state index contributed by atoms with van der Waals surface area (Å²) in [6.07, 6.45) is -1.29. The third-order valence-corrected chi connectivity index (χ3v) is 4.69. The number of carbonyl (C=O) groups is 1. The molecule has 2 aromatic carbocycles. The van der Waals surface area contributed by atoms with Gasteiger partial charge in [-0.3, -0.25) is 10.1 Å². The number of nitrogens with one attached hydrogen (secondary N) is 4. The number of hydrogen-bond donors (Lipinski definition) is 4. The van der Waals surface area contributed by atoms with Gasteiger partial charge in [-0.05, 0) is 36.2 Å². The molecule has 0 aliphatic rings. The minimum Gasteiger partial charge on any atom is -0.404 e. The average Bonchev–Trinajstić information content (AvgIpc) is 2.78. The Hall–Kier alpha value is -3.86. The Morgan fingerprint density at radius 1 is 1.09 bits per heavy atom. The molecule has 0 spiro atoms. The van der Waals surface area contributed by atoms with Crippen LogP contribution < -0.4 is 26.2 Å². The number of alkyl halides is 3. The summed E-state index contributed by atoms with van der Waals surface area (Å²) < 4.78 is 41.5. The molecule has 11 heteroatoms. The molecule has 0 atom stereocenters. The monoisotopic (exact) mass is 475 g/mol. The molecule has 0 bridgehead atoms. The lowest BCUT2D eigenvalue weighted by molar-refractivity contribution is -0.274. The van der Waals surface area contributed by atoms with Gasteiger partial charge in [0, 0.05) is 12.7 Å². The van der Waals surface area contributed by atoms with Crippen molar-refractivity contribution in [2.45, 2.75) is 32.7 Å². The summed E-state index contributed by atoms with van der Waals surface area (Å²) in [6.45, 7) is 3.79. The van der Waals surface area contributed by atoms with Gasteiger partial charge in [-0.15, -0.1) is 13.2 Å². The van der Waals surface area contributed by atoms with Gasteiger partial charge >= 0.3 is 12.4 Å². The van der Waals surface area contributed by atoms with Crippen molar-refractivity contribution < 1.29 is 22.7 Å². The fraction of sp³-hybridized carbons (Fsp3) is 0.261. The number of hydrogen-bond acceptors (Lipinski definition) is 5. The molecule has 2 amide bonds. The minimum atomic E-state index is -4.92. The summed E-state index contributed by atoms with van der Waals surface area (Å²) in [5, 5.41) is 7.86. The predicted molar refractivity (Wildman–Crippen MR) is 123 cm³/mol. The summed E-state index contributed by atoms with van der Waals surface area (Å²) in [6, 6.07) is 11.6. The van der Waals surface area contributed by atoms with Crippen LogP contribution in [0.5, 0.6) is 5.75 Å². The van der Waals surface area contributed by atoms with Crippen molar-refractivity contribution in [3.05, 3.63) is 70.6 Å². The van der Waals surface area contributed by atoms with Gasteiger partial charge in [0.05, 0.1) is 11.3 Å². The quantitative estimate of drug-likeness (QED) is 0.330. The number of ether oxygens (including phenoxy) is 1. The van der Waals surface area contributed by atoms with Crippen molar-refractivity contribution >= 4 is 17.7 Å². The summed E-state index contributed by atoms with van der Waals surface area (Å²) >= 11 is 0. The number of nitrogens with zero attached hydrogens (tertiary/aromatic N) is 1. The molecule has 0 aliphatic carbocycles. The van der Waals surface area contributed by atoms with Crippen molar-refractivity contribution in [3.63, 3.8) is 0 Å². The van der Waals surface area contributed by atoms with Crippen LogP contribution in [0.1, 0.15) is 25.3 Å². The predicted octanol–water partition coefficient (Wildman–Crippen LogP) is 4.87. The van der Waals surface area contributed by atoms with E-state index in [9.17, 15) is 22.8 Å². The number of carbonyl (C=O) groups excluding carboxylic acids is 1. The number of amides is 2. The number of benzene rings is 2. The third-order valence-electron chi connectivity index (χ3n) is 4.69. The molecule has 0 saturated heterocycles. The maximum absolute atomic E-state index is 12.5. The minimum absolute atomic E-state index is 0.169. The van der Waals surface area contributed by atoms with Crippen molar-refractivity contribution in [1.82, 2.24) is 15.3 Å². The number of urea groups is 1. The van der Waals surface area contributed by atoms with E-state index in [0.29, 0.717) is 11.1 Å². The number of anilines is 2. The van der Waals surface area contributed by atoms with Crippen LogP contribution in [0, 0.1) is 0 Å². The largest absolute Gasteiger partial charge is 0.573 e. The Morgan fingerprint density at radius 3 is 2.50 bits per heavy atom. The fourth-order valence-electron chi connectivity index (χ4n) is 3.05.